The first-order valence-electron chi connectivity index (χ1n) is 14.3. The normalized spacial score (nSPS) is 11.3. The average Bonchev–Trinajstić information content (AvgIpc) is 3.47. The fourth-order valence-corrected chi connectivity index (χ4v) is 4.95. The first-order chi connectivity index (χ1) is 22.3. The van der Waals surface area contributed by atoms with Crippen LogP contribution in [0.2, 0.25) is 0 Å². The summed E-state index contributed by atoms with van der Waals surface area (Å²) < 4.78 is 9.88. The zero-order valence-corrected chi connectivity index (χ0v) is 24.8. The molecule has 1 atom stereocenters. The second-order valence-electron chi connectivity index (χ2n) is 10.4. The molecular formula is C36H31N3O7. The van der Waals surface area contributed by atoms with Crippen LogP contribution in [-0.2, 0) is 27.3 Å². The summed E-state index contributed by atoms with van der Waals surface area (Å²) in [5, 5.41) is 21.5. The van der Waals surface area contributed by atoms with E-state index in [2.05, 4.69) is 16.0 Å². The van der Waals surface area contributed by atoms with E-state index in [1.54, 1.807) is 24.4 Å². The Hall–Kier alpha value is -6.00. The standard InChI is InChI=1S/C19H14N2O3.C17H17NO4/c1-24-19(23)14-10-11(6-7-16(14)22)17-18-13(8-9-20-17)12-4-2-3-5-15(12)21-18;18-15(9-13-6-7-16(20)14(8-13)10-19)17(21)22-11-12-4-2-1-3-5-12/h2-10,21-22H,1H3;1-8,10,15,20H,9,11,18H2. The Balaban J connectivity index is 0.000000182. The molecule has 0 saturated heterocycles. The van der Waals surface area contributed by atoms with Crippen LogP contribution in [0.4, 0.5) is 0 Å². The van der Waals surface area contributed by atoms with E-state index >= 15 is 0 Å². The number of aromatic amines is 1. The van der Waals surface area contributed by atoms with Crippen LogP contribution in [0.1, 0.15) is 31.8 Å². The van der Waals surface area contributed by atoms with Crippen molar-refractivity contribution in [2.45, 2.75) is 19.1 Å². The Morgan fingerprint density at radius 2 is 1.63 bits per heavy atom. The second kappa shape index (κ2) is 14.2. The zero-order chi connectivity index (χ0) is 32.6. The maximum atomic E-state index is 11.9. The molecule has 5 N–H and O–H groups in total. The predicted octanol–water partition coefficient (Wildman–Crippen LogP) is 5.69. The van der Waals surface area contributed by atoms with Gasteiger partial charge in [0.2, 0.25) is 0 Å². The number of benzene rings is 4. The number of nitrogens with two attached hydrogens (primary N) is 1. The molecule has 2 aromatic heterocycles. The van der Waals surface area contributed by atoms with Gasteiger partial charge in [0.05, 0.1) is 23.9 Å². The molecule has 0 aliphatic rings. The molecule has 0 bridgehead atoms. The topological polar surface area (TPSA) is 165 Å². The van der Waals surface area contributed by atoms with Gasteiger partial charge >= 0.3 is 11.9 Å². The number of hydrogen-bond donors (Lipinski definition) is 4. The summed E-state index contributed by atoms with van der Waals surface area (Å²) in [7, 11) is 1.28. The van der Waals surface area contributed by atoms with E-state index in [0.717, 1.165) is 32.9 Å². The van der Waals surface area contributed by atoms with E-state index < -0.39 is 18.0 Å². The summed E-state index contributed by atoms with van der Waals surface area (Å²) >= 11 is 0. The molecule has 0 saturated carbocycles. The summed E-state index contributed by atoms with van der Waals surface area (Å²) in [6.07, 6.45) is 2.52. The van der Waals surface area contributed by atoms with Crippen molar-refractivity contribution in [3.8, 4) is 22.8 Å². The number of phenols is 2. The molecule has 6 aromatic rings. The van der Waals surface area contributed by atoms with Crippen LogP contribution in [-0.4, -0.2) is 51.6 Å². The molecule has 10 heteroatoms. The summed E-state index contributed by atoms with van der Waals surface area (Å²) in [5.41, 5.74) is 11.0. The van der Waals surface area contributed by atoms with Crippen LogP contribution in [0.25, 0.3) is 33.1 Å². The van der Waals surface area contributed by atoms with Gasteiger partial charge in [0.1, 0.15) is 29.7 Å². The maximum absolute atomic E-state index is 11.9. The van der Waals surface area contributed by atoms with E-state index in [4.69, 9.17) is 15.2 Å². The lowest BCUT2D eigenvalue weighted by molar-refractivity contribution is -0.146. The van der Waals surface area contributed by atoms with E-state index in [1.807, 2.05) is 54.6 Å². The lowest BCUT2D eigenvalue weighted by Gasteiger charge is -2.12. The molecule has 232 valence electrons. The number of aldehydes is 1. The van der Waals surface area contributed by atoms with E-state index in [1.165, 1.54) is 25.3 Å². The van der Waals surface area contributed by atoms with Gasteiger partial charge in [-0.3, -0.25) is 14.6 Å². The van der Waals surface area contributed by atoms with Crippen LogP contribution >= 0.6 is 0 Å². The molecule has 0 spiro atoms. The van der Waals surface area contributed by atoms with Crippen molar-refractivity contribution in [2.75, 3.05) is 7.11 Å². The Kier molecular flexibility index (Phi) is 9.69. The minimum absolute atomic E-state index is 0.0982. The lowest BCUT2D eigenvalue weighted by Crippen LogP contribution is -2.34. The average molecular weight is 618 g/mol. The number of pyridine rings is 1. The van der Waals surface area contributed by atoms with Crippen molar-refractivity contribution in [1.29, 1.82) is 0 Å². The number of H-pyrrole nitrogens is 1. The lowest BCUT2D eigenvalue weighted by atomic mass is 10.0. The molecule has 0 aliphatic heterocycles. The molecule has 0 aliphatic carbocycles. The molecule has 0 radical (unpaired) electrons. The van der Waals surface area contributed by atoms with Gasteiger partial charge in [-0.1, -0.05) is 54.6 Å². The maximum Gasteiger partial charge on any atom is 0.341 e. The van der Waals surface area contributed by atoms with Crippen LogP contribution in [0.3, 0.4) is 0 Å². The highest BCUT2D eigenvalue weighted by molar-refractivity contribution is 6.11. The third kappa shape index (κ3) is 7.03. The quantitative estimate of drug-likeness (QED) is 0.124. The number of para-hydroxylation sites is 1. The molecule has 2 heterocycles. The van der Waals surface area contributed by atoms with Gasteiger partial charge in [-0.25, -0.2) is 4.79 Å². The molecule has 0 amide bonds. The zero-order valence-electron chi connectivity index (χ0n) is 24.8. The van der Waals surface area contributed by atoms with Crippen LogP contribution in [0, 0.1) is 0 Å². The third-order valence-electron chi connectivity index (χ3n) is 7.30. The van der Waals surface area contributed by atoms with Crippen molar-refractivity contribution in [2.24, 2.45) is 5.73 Å². The number of phenolic OH excluding ortho intramolecular Hbond substituents is 2. The highest BCUT2D eigenvalue weighted by Crippen LogP contribution is 2.33. The molecule has 6 rings (SSSR count). The van der Waals surface area contributed by atoms with E-state index in [0.29, 0.717) is 17.5 Å². The molecule has 46 heavy (non-hydrogen) atoms. The number of carbonyl (C=O) groups is 3. The van der Waals surface area contributed by atoms with Crippen LogP contribution < -0.4 is 5.73 Å². The van der Waals surface area contributed by atoms with Gasteiger partial charge in [0.15, 0.2) is 6.29 Å². The predicted molar refractivity (Wildman–Crippen MR) is 173 cm³/mol. The van der Waals surface area contributed by atoms with Gasteiger partial charge < -0.3 is 30.4 Å². The van der Waals surface area contributed by atoms with Gasteiger partial charge in [-0.2, -0.15) is 0 Å². The number of rotatable bonds is 8. The smallest absolute Gasteiger partial charge is 0.341 e. The fourth-order valence-electron chi connectivity index (χ4n) is 4.95. The number of hydrogen-bond acceptors (Lipinski definition) is 9. The number of carbonyl (C=O) groups excluding carboxylic acids is 3. The first-order valence-corrected chi connectivity index (χ1v) is 14.3. The van der Waals surface area contributed by atoms with Crippen molar-refractivity contribution < 1.29 is 34.1 Å². The highest BCUT2D eigenvalue weighted by atomic mass is 16.5. The number of aromatic hydroxyl groups is 2. The molecular weight excluding hydrogens is 586 g/mol. The number of nitrogens with zero attached hydrogens (tertiary/aromatic N) is 1. The number of methoxy groups -OCH3 is 1. The first kappa shape index (κ1) is 31.4. The van der Waals surface area contributed by atoms with Gasteiger partial charge in [0.25, 0.3) is 0 Å². The van der Waals surface area contributed by atoms with Crippen molar-refractivity contribution >= 4 is 40.0 Å². The highest BCUT2D eigenvalue weighted by Gasteiger charge is 2.18. The summed E-state index contributed by atoms with van der Waals surface area (Å²) in [5.74, 6) is -1.31. The Bertz CT molecular complexity index is 2020. The van der Waals surface area contributed by atoms with Crippen molar-refractivity contribution in [3.63, 3.8) is 0 Å². The summed E-state index contributed by atoms with van der Waals surface area (Å²) in [4.78, 5) is 42.3. The Morgan fingerprint density at radius 1 is 0.891 bits per heavy atom. The SMILES string of the molecule is COC(=O)c1cc(-c2nccc3c2[nH]c2ccccc23)ccc1O.NC(Cc1ccc(O)c(C=O)c1)C(=O)OCc1ccccc1. The second-order valence-corrected chi connectivity index (χ2v) is 10.4. The minimum atomic E-state index is -0.826. The van der Waals surface area contributed by atoms with E-state index in [-0.39, 0.29) is 35.7 Å². The van der Waals surface area contributed by atoms with E-state index in [9.17, 15) is 24.6 Å². The Labute approximate surface area is 264 Å². The summed E-state index contributed by atoms with van der Waals surface area (Å²) in [6.45, 7) is 0.169. The molecule has 1 unspecified atom stereocenters. The van der Waals surface area contributed by atoms with Gasteiger partial charge in [-0.05, 0) is 60.0 Å². The monoisotopic (exact) mass is 617 g/mol. The fraction of sp³-hybridized carbons (Fsp3) is 0.111. The van der Waals surface area contributed by atoms with Crippen LogP contribution in [0.5, 0.6) is 11.5 Å². The number of aromatic nitrogens is 2. The number of nitrogens with one attached hydrogen (secondary N) is 1. The molecule has 0 fully saturated rings. The van der Waals surface area contributed by atoms with Crippen LogP contribution in [0.15, 0.2) is 103 Å². The number of ether oxygens (including phenoxy) is 2. The summed E-state index contributed by atoms with van der Waals surface area (Å²) in [6, 6.07) is 27.8. The molecule has 10 nitrogen and oxygen atoms in total. The van der Waals surface area contributed by atoms with Crippen molar-refractivity contribution in [1.82, 2.24) is 9.97 Å². The largest absolute Gasteiger partial charge is 0.507 e. The van der Waals surface area contributed by atoms with Gasteiger partial charge in [0, 0.05) is 28.0 Å². The molecule has 4 aromatic carbocycles. The number of esters is 2. The third-order valence-corrected chi connectivity index (χ3v) is 7.30. The number of fused-ring (bicyclic) bond motifs is 3. The Morgan fingerprint density at radius 3 is 2.39 bits per heavy atom. The van der Waals surface area contributed by atoms with Gasteiger partial charge in [-0.15, -0.1) is 0 Å². The minimum Gasteiger partial charge on any atom is -0.507 e. The van der Waals surface area contributed by atoms with Crippen molar-refractivity contribution in [3.05, 3.63) is 126 Å².